The highest BCUT2D eigenvalue weighted by molar-refractivity contribution is 6.33. The lowest BCUT2D eigenvalue weighted by molar-refractivity contribution is 0.879. The van der Waals surface area contributed by atoms with E-state index in [0.29, 0.717) is 11.6 Å². The molecular formula is C15H13ClN4. The summed E-state index contributed by atoms with van der Waals surface area (Å²) in [6.45, 7) is 0.683. The number of rotatable bonds is 4. The third-order valence-corrected chi connectivity index (χ3v) is 3.23. The number of benzene rings is 1. The van der Waals surface area contributed by atoms with Gasteiger partial charge >= 0.3 is 0 Å². The van der Waals surface area contributed by atoms with E-state index in [1.807, 2.05) is 48.8 Å². The minimum atomic E-state index is 0.657. The molecule has 0 atom stereocenters. The van der Waals surface area contributed by atoms with Crippen molar-refractivity contribution in [3.05, 3.63) is 71.8 Å². The number of para-hydroxylation sites is 1. The molecule has 3 rings (SSSR count). The van der Waals surface area contributed by atoms with Gasteiger partial charge in [0.15, 0.2) is 0 Å². The van der Waals surface area contributed by atoms with Crippen molar-refractivity contribution >= 4 is 17.3 Å². The zero-order chi connectivity index (χ0) is 13.8. The van der Waals surface area contributed by atoms with Gasteiger partial charge in [-0.15, -0.1) is 0 Å². The third-order valence-electron chi connectivity index (χ3n) is 2.93. The molecule has 0 aliphatic heterocycles. The number of nitrogens with one attached hydrogen (secondary N) is 1. The molecule has 0 aliphatic carbocycles. The van der Waals surface area contributed by atoms with Crippen molar-refractivity contribution in [2.24, 2.45) is 0 Å². The fourth-order valence-corrected chi connectivity index (χ4v) is 2.25. The number of hydrogen-bond donors (Lipinski definition) is 1. The van der Waals surface area contributed by atoms with E-state index in [4.69, 9.17) is 11.6 Å². The molecule has 1 N–H and O–H groups in total. The maximum Gasteiger partial charge on any atom is 0.106 e. The van der Waals surface area contributed by atoms with Crippen molar-refractivity contribution in [3.63, 3.8) is 0 Å². The zero-order valence-corrected chi connectivity index (χ0v) is 11.5. The second kappa shape index (κ2) is 5.75. The Balaban J connectivity index is 1.88. The number of pyridine rings is 1. The molecule has 1 aromatic carbocycles. The molecule has 20 heavy (non-hydrogen) atoms. The first kappa shape index (κ1) is 12.7. The Morgan fingerprint density at radius 3 is 2.80 bits per heavy atom. The first-order valence-corrected chi connectivity index (χ1v) is 6.64. The SMILES string of the molecule is Clc1cccc(NCc2cccnc2)c1-n1cccn1. The van der Waals surface area contributed by atoms with Crippen LogP contribution in [0.4, 0.5) is 5.69 Å². The molecule has 0 bridgehead atoms. The predicted molar refractivity (Wildman–Crippen MR) is 80.1 cm³/mol. The summed E-state index contributed by atoms with van der Waals surface area (Å²) in [5, 5.41) is 8.27. The lowest BCUT2D eigenvalue weighted by Gasteiger charge is -2.13. The van der Waals surface area contributed by atoms with E-state index < -0.39 is 0 Å². The summed E-state index contributed by atoms with van der Waals surface area (Å²) in [4.78, 5) is 4.10. The van der Waals surface area contributed by atoms with Crippen LogP contribution in [-0.4, -0.2) is 14.8 Å². The summed E-state index contributed by atoms with van der Waals surface area (Å²) in [5.41, 5.74) is 2.90. The van der Waals surface area contributed by atoms with Gasteiger partial charge in [0.1, 0.15) is 5.69 Å². The largest absolute Gasteiger partial charge is 0.379 e. The fraction of sp³-hybridized carbons (Fsp3) is 0.0667. The van der Waals surface area contributed by atoms with Gasteiger partial charge in [-0.25, -0.2) is 4.68 Å². The van der Waals surface area contributed by atoms with E-state index in [2.05, 4.69) is 15.4 Å². The molecule has 0 saturated carbocycles. The Kier molecular flexibility index (Phi) is 3.65. The number of halogens is 1. The van der Waals surface area contributed by atoms with Crippen LogP contribution in [0.3, 0.4) is 0 Å². The van der Waals surface area contributed by atoms with Gasteiger partial charge in [-0.3, -0.25) is 4.98 Å². The normalized spacial score (nSPS) is 10.4. The molecule has 2 heterocycles. The zero-order valence-electron chi connectivity index (χ0n) is 10.7. The summed E-state index contributed by atoms with van der Waals surface area (Å²) >= 11 is 6.29. The molecule has 4 nitrogen and oxygen atoms in total. The molecule has 0 amide bonds. The first-order valence-electron chi connectivity index (χ1n) is 6.26. The maximum atomic E-state index is 6.29. The Bertz CT molecular complexity index is 680. The van der Waals surface area contributed by atoms with E-state index in [0.717, 1.165) is 16.9 Å². The van der Waals surface area contributed by atoms with Crippen LogP contribution < -0.4 is 5.32 Å². The van der Waals surface area contributed by atoms with Gasteiger partial charge in [0, 0.05) is 31.3 Å². The summed E-state index contributed by atoms with van der Waals surface area (Å²) in [5.74, 6) is 0. The van der Waals surface area contributed by atoms with E-state index in [-0.39, 0.29) is 0 Å². The smallest absolute Gasteiger partial charge is 0.106 e. The van der Waals surface area contributed by atoms with Crippen molar-refractivity contribution in [3.8, 4) is 5.69 Å². The summed E-state index contributed by atoms with van der Waals surface area (Å²) < 4.78 is 1.76. The Hall–Kier alpha value is -2.33. The first-order chi connectivity index (χ1) is 9.84. The molecule has 5 heteroatoms. The molecule has 0 fully saturated rings. The van der Waals surface area contributed by atoms with Crippen molar-refractivity contribution < 1.29 is 0 Å². The van der Waals surface area contributed by atoms with Crippen molar-refractivity contribution in [2.45, 2.75) is 6.54 Å². The lowest BCUT2D eigenvalue weighted by Crippen LogP contribution is -2.05. The predicted octanol–water partition coefficient (Wildman–Crippen LogP) is 3.53. The molecule has 0 unspecified atom stereocenters. The standard InChI is InChI=1S/C15H13ClN4/c16-13-5-1-6-14(15(13)20-9-3-8-19-20)18-11-12-4-2-7-17-10-12/h1-10,18H,11H2. The minimum Gasteiger partial charge on any atom is -0.379 e. The molecule has 2 aromatic heterocycles. The van der Waals surface area contributed by atoms with Crippen LogP contribution in [0, 0.1) is 0 Å². The van der Waals surface area contributed by atoms with Crippen molar-refractivity contribution in [2.75, 3.05) is 5.32 Å². The molecule has 0 spiro atoms. The Morgan fingerprint density at radius 2 is 2.05 bits per heavy atom. The molecular weight excluding hydrogens is 272 g/mol. The highest BCUT2D eigenvalue weighted by Crippen LogP contribution is 2.28. The summed E-state index contributed by atoms with van der Waals surface area (Å²) in [6, 6.07) is 11.6. The number of anilines is 1. The number of nitrogens with zero attached hydrogens (tertiary/aromatic N) is 3. The van der Waals surface area contributed by atoms with Gasteiger partial charge in [0.05, 0.1) is 10.7 Å². The molecule has 100 valence electrons. The number of hydrogen-bond acceptors (Lipinski definition) is 3. The van der Waals surface area contributed by atoms with Gasteiger partial charge in [0.2, 0.25) is 0 Å². The van der Waals surface area contributed by atoms with Crippen LogP contribution in [0.1, 0.15) is 5.56 Å². The van der Waals surface area contributed by atoms with E-state index in [1.165, 1.54) is 0 Å². The number of aromatic nitrogens is 3. The topological polar surface area (TPSA) is 42.7 Å². The van der Waals surface area contributed by atoms with E-state index in [1.54, 1.807) is 17.1 Å². The van der Waals surface area contributed by atoms with Gasteiger partial charge in [0.25, 0.3) is 0 Å². The summed E-state index contributed by atoms with van der Waals surface area (Å²) in [7, 11) is 0. The van der Waals surface area contributed by atoms with Gasteiger partial charge in [-0.1, -0.05) is 23.7 Å². The Morgan fingerprint density at radius 1 is 1.10 bits per heavy atom. The van der Waals surface area contributed by atoms with Crippen LogP contribution >= 0.6 is 11.6 Å². The lowest BCUT2D eigenvalue weighted by atomic mass is 10.2. The minimum absolute atomic E-state index is 0.657. The van der Waals surface area contributed by atoms with E-state index >= 15 is 0 Å². The maximum absolute atomic E-state index is 6.29. The molecule has 0 radical (unpaired) electrons. The van der Waals surface area contributed by atoms with Crippen LogP contribution in [0.25, 0.3) is 5.69 Å². The summed E-state index contributed by atoms with van der Waals surface area (Å²) in [6.07, 6.45) is 7.20. The van der Waals surface area contributed by atoms with Crippen LogP contribution in [0.2, 0.25) is 5.02 Å². The van der Waals surface area contributed by atoms with Crippen molar-refractivity contribution in [1.29, 1.82) is 0 Å². The second-order valence-corrected chi connectivity index (χ2v) is 4.71. The molecule has 0 aliphatic rings. The van der Waals surface area contributed by atoms with Crippen LogP contribution in [0.15, 0.2) is 61.2 Å². The van der Waals surface area contributed by atoms with Gasteiger partial charge in [-0.05, 0) is 29.8 Å². The monoisotopic (exact) mass is 284 g/mol. The van der Waals surface area contributed by atoms with Crippen LogP contribution in [-0.2, 0) is 6.54 Å². The quantitative estimate of drug-likeness (QED) is 0.797. The molecule has 3 aromatic rings. The molecule has 0 saturated heterocycles. The van der Waals surface area contributed by atoms with Crippen LogP contribution in [0.5, 0.6) is 0 Å². The van der Waals surface area contributed by atoms with Gasteiger partial charge < -0.3 is 5.32 Å². The fourth-order valence-electron chi connectivity index (χ4n) is 1.99. The van der Waals surface area contributed by atoms with Crippen molar-refractivity contribution in [1.82, 2.24) is 14.8 Å². The highest BCUT2D eigenvalue weighted by atomic mass is 35.5. The van der Waals surface area contributed by atoms with E-state index in [9.17, 15) is 0 Å². The second-order valence-electron chi connectivity index (χ2n) is 4.30. The third kappa shape index (κ3) is 2.65. The average molecular weight is 285 g/mol. The highest BCUT2D eigenvalue weighted by Gasteiger charge is 2.09. The average Bonchev–Trinajstić information content (AvgIpc) is 3.00. The van der Waals surface area contributed by atoms with Gasteiger partial charge in [-0.2, -0.15) is 5.10 Å². The Labute approximate surface area is 122 Å².